The van der Waals surface area contributed by atoms with E-state index in [2.05, 4.69) is 15.2 Å². The topological polar surface area (TPSA) is 50.8 Å². The van der Waals surface area contributed by atoms with Gasteiger partial charge >= 0.3 is 0 Å². The second kappa shape index (κ2) is 4.75. The van der Waals surface area contributed by atoms with E-state index in [0.717, 1.165) is 23.3 Å². The lowest BCUT2D eigenvalue weighted by Gasteiger charge is -2.21. The predicted molar refractivity (Wildman–Crippen MR) is 62.7 cm³/mol. The van der Waals surface area contributed by atoms with Crippen molar-refractivity contribution in [2.24, 2.45) is 0 Å². The average molecular weight is 239 g/mol. The number of ether oxygens (including phenoxy) is 1. The number of hydrogen-bond donors (Lipinski definition) is 1. The average Bonchev–Trinajstić information content (AvgIpc) is 3.08. The number of nitrogens with one attached hydrogen (secondary N) is 1. The molecule has 1 unspecified atom stereocenters. The summed E-state index contributed by atoms with van der Waals surface area (Å²) in [5, 5.41) is 8.15. The maximum Gasteiger partial charge on any atom is 0.208 e. The maximum absolute atomic E-state index is 5.68. The summed E-state index contributed by atoms with van der Waals surface area (Å²) in [4.78, 5) is 4.50. The van der Waals surface area contributed by atoms with Crippen LogP contribution in [0.15, 0.2) is 5.16 Å². The highest BCUT2D eigenvalue weighted by molar-refractivity contribution is 7.99. The molecule has 1 atom stereocenters. The van der Waals surface area contributed by atoms with E-state index in [-0.39, 0.29) is 0 Å². The van der Waals surface area contributed by atoms with Crippen molar-refractivity contribution in [3.8, 4) is 0 Å². The molecule has 1 saturated carbocycles. The minimum absolute atomic E-state index is 0.404. The van der Waals surface area contributed by atoms with Gasteiger partial charge in [-0.05, 0) is 32.1 Å². The van der Waals surface area contributed by atoms with Crippen LogP contribution in [0.4, 0.5) is 0 Å². The van der Waals surface area contributed by atoms with E-state index in [9.17, 15) is 0 Å². The standard InChI is InChI=1S/C11H17N3OS/c1-2-6-15-9(3-1)7-16-11-12-10(13-14-11)8-4-5-8/h8-9H,1-7H2,(H,12,13,14). The highest BCUT2D eigenvalue weighted by Gasteiger charge is 2.27. The quantitative estimate of drug-likeness (QED) is 0.819. The van der Waals surface area contributed by atoms with Gasteiger partial charge in [0.1, 0.15) is 5.82 Å². The molecule has 1 N–H and O–H groups in total. The van der Waals surface area contributed by atoms with Crippen molar-refractivity contribution in [1.29, 1.82) is 0 Å². The van der Waals surface area contributed by atoms with Crippen molar-refractivity contribution in [3.63, 3.8) is 0 Å². The lowest BCUT2D eigenvalue weighted by molar-refractivity contribution is 0.0315. The Morgan fingerprint density at radius 1 is 1.31 bits per heavy atom. The first-order valence-corrected chi connectivity index (χ1v) is 7.07. The second-order valence-corrected chi connectivity index (χ2v) is 5.56. The van der Waals surface area contributed by atoms with Crippen LogP contribution in [0.3, 0.4) is 0 Å². The smallest absolute Gasteiger partial charge is 0.208 e. The van der Waals surface area contributed by atoms with E-state index < -0.39 is 0 Å². The predicted octanol–water partition coefficient (Wildman–Crippen LogP) is 2.34. The zero-order valence-electron chi connectivity index (χ0n) is 9.32. The Morgan fingerprint density at radius 3 is 3.00 bits per heavy atom. The highest BCUT2D eigenvalue weighted by atomic mass is 32.2. The van der Waals surface area contributed by atoms with Crippen molar-refractivity contribution >= 4 is 11.8 Å². The number of nitrogens with zero attached hydrogens (tertiary/aromatic N) is 2. The van der Waals surface area contributed by atoms with Gasteiger partial charge < -0.3 is 4.74 Å². The van der Waals surface area contributed by atoms with Crippen LogP contribution in [0.25, 0.3) is 0 Å². The fourth-order valence-corrected chi connectivity index (χ4v) is 2.84. The minimum atomic E-state index is 0.404. The molecule has 0 amide bonds. The molecule has 1 aromatic rings. The van der Waals surface area contributed by atoms with Crippen molar-refractivity contribution in [2.75, 3.05) is 12.4 Å². The largest absolute Gasteiger partial charge is 0.377 e. The van der Waals surface area contributed by atoms with Crippen LogP contribution >= 0.6 is 11.8 Å². The van der Waals surface area contributed by atoms with E-state index in [0.29, 0.717) is 12.0 Å². The van der Waals surface area contributed by atoms with Gasteiger partial charge in [0.25, 0.3) is 0 Å². The zero-order valence-corrected chi connectivity index (χ0v) is 10.1. The zero-order chi connectivity index (χ0) is 10.8. The number of aromatic amines is 1. The fraction of sp³-hybridized carbons (Fsp3) is 0.818. The Kier molecular flexibility index (Phi) is 3.15. The van der Waals surface area contributed by atoms with Gasteiger partial charge in [0, 0.05) is 18.3 Å². The van der Waals surface area contributed by atoms with Gasteiger partial charge in [0.2, 0.25) is 5.16 Å². The van der Waals surface area contributed by atoms with Crippen molar-refractivity contribution in [2.45, 2.75) is 49.3 Å². The molecule has 88 valence electrons. The van der Waals surface area contributed by atoms with E-state index in [1.54, 1.807) is 11.8 Å². The summed E-state index contributed by atoms with van der Waals surface area (Å²) in [6, 6.07) is 0. The Morgan fingerprint density at radius 2 is 2.25 bits per heavy atom. The van der Waals surface area contributed by atoms with Crippen LogP contribution in [0.5, 0.6) is 0 Å². The molecule has 1 saturated heterocycles. The Bertz CT molecular complexity index is 345. The third-order valence-corrected chi connectivity index (χ3v) is 4.10. The molecule has 0 aromatic carbocycles. The van der Waals surface area contributed by atoms with Crippen molar-refractivity contribution in [1.82, 2.24) is 15.2 Å². The fourth-order valence-electron chi connectivity index (χ4n) is 1.97. The van der Waals surface area contributed by atoms with Gasteiger partial charge in [0.05, 0.1) is 6.10 Å². The molecular weight excluding hydrogens is 222 g/mol. The molecule has 16 heavy (non-hydrogen) atoms. The van der Waals surface area contributed by atoms with Gasteiger partial charge in [-0.25, -0.2) is 4.98 Å². The third-order valence-electron chi connectivity index (χ3n) is 3.12. The third kappa shape index (κ3) is 2.58. The molecule has 3 rings (SSSR count). The second-order valence-electron chi connectivity index (χ2n) is 4.58. The molecule has 1 aromatic heterocycles. The number of aromatic nitrogens is 3. The summed E-state index contributed by atoms with van der Waals surface area (Å²) in [5.41, 5.74) is 0. The van der Waals surface area contributed by atoms with Gasteiger partial charge in [-0.15, -0.1) is 5.10 Å². The summed E-state index contributed by atoms with van der Waals surface area (Å²) in [7, 11) is 0. The lowest BCUT2D eigenvalue weighted by Crippen LogP contribution is -2.21. The normalized spacial score (nSPS) is 25.9. The van der Waals surface area contributed by atoms with Gasteiger partial charge in [0.15, 0.2) is 0 Å². The lowest BCUT2D eigenvalue weighted by atomic mass is 10.1. The number of thioether (sulfide) groups is 1. The van der Waals surface area contributed by atoms with Crippen LogP contribution in [0.2, 0.25) is 0 Å². The van der Waals surface area contributed by atoms with Crippen LogP contribution < -0.4 is 0 Å². The van der Waals surface area contributed by atoms with Gasteiger partial charge in [-0.2, -0.15) is 0 Å². The van der Waals surface area contributed by atoms with E-state index >= 15 is 0 Å². The molecule has 1 aliphatic carbocycles. The summed E-state index contributed by atoms with van der Waals surface area (Å²) in [5.74, 6) is 2.72. The molecular formula is C11H17N3OS. The van der Waals surface area contributed by atoms with E-state index in [4.69, 9.17) is 4.74 Å². The highest BCUT2D eigenvalue weighted by Crippen LogP contribution is 2.38. The Labute approximate surface area is 99.6 Å². The van der Waals surface area contributed by atoms with Crippen LogP contribution in [0, 0.1) is 0 Å². The van der Waals surface area contributed by atoms with Crippen molar-refractivity contribution < 1.29 is 4.74 Å². The van der Waals surface area contributed by atoms with Crippen LogP contribution in [0.1, 0.15) is 43.8 Å². The monoisotopic (exact) mass is 239 g/mol. The molecule has 2 heterocycles. The molecule has 5 heteroatoms. The number of H-pyrrole nitrogens is 1. The summed E-state index contributed by atoms with van der Waals surface area (Å²) in [6.07, 6.45) is 6.64. The Hall–Kier alpha value is -0.550. The van der Waals surface area contributed by atoms with E-state index in [1.165, 1.54) is 32.1 Å². The Balaban J connectivity index is 1.49. The molecule has 2 fully saturated rings. The molecule has 0 bridgehead atoms. The molecule has 4 nitrogen and oxygen atoms in total. The maximum atomic E-state index is 5.68. The SMILES string of the molecule is C1CCC(CSc2n[nH]c(C3CC3)n2)OC1. The molecule has 2 aliphatic rings. The summed E-state index contributed by atoms with van der Waals surface area (Å²) < 4.78 is 5.68. The molecule has 0 spiro atoms. The summed E-state index contributed by atoms with van der Waals surface area (Å²) in [6.45, 7) is 0.923. The van der Waals surface area contributed by atoms with Gasteiger partial charge in [-0.1, -0.05) is 11.8 Å². The first-order valence-electron chi connectivity index (χ1n) is 6.08. The van der Waals surface area contributed by atoms with Crippen molar-refractivity contribution in [3.05, 3.63) is 5.82 Å². The number of rotatable bonds is 4. The molecule has 0 radical (unpaired) electrons. The number of hydrogen-bond acceptors (Lipinski definition) is 4. The van der Waals surface area contributed by atoms with E-state index in [1.807, 2.05) is 0 Å². The molecule has 1 aliphatic heterocycles. The summed E-state index contributed by atoms with van der Waals surface area (Å²) >= 11 is 1.71. The van der Waals surface area contributed by atoms with Crippen LogP contribution in [-0.4, -0.2) is 33.6 Å². The first kappa shape index (κ1) is 10.6. The minimum Gasteiger partial charge on any atom is -0.377 e. The first-order chi connectivity index (χ1) is 7.92. The van der Waals surface area contributed by atoms with Crippen LogP contribution in [-0.2, 0) is 4.74 Å². The van der Waals surface area contributed by atoms with Gasteiger partial charge in [-0.3, -0.25) is 5.10 Å².